The maximum absolute atomic E-state index is 12.0. The molecule has 0 fully saturated rings. The number of halogens is 2. The Bertz CT molecular complexity index is 466. The van der Waals surface area contributed by atoms with Gasteiger partial charge in [0, 0.05) is 22.6 Å². The van der Waals surface area contributed by atoms with Gasteiger partial charge in [0.25, 0.3) is 0 Å². The van der Waals surface area contributed by atoms with Crippen molar-refractivity contribution in [2.45, 2.75) is 24.8 Å². The Morgan fingerprint density at radius 3 is 2.18 bits per heavy atom. The molecule has 0 aliphatic carbocycles. The van der Waals surface area contributed by atoms with Crippen LogP contribution in [0.1, 0.15) is 13.8 Å². The summed E-state index contributed by atoms with van der Waals surface area (Å²) >= 11 is 11.6. The van der Waals surface area contributed by atoms with Gasteiger partial charge in [-0.15, -0.1) is 0 Å². The minimum absolute atomic E-state index is 0.0296. The predicted molar refractivity (Wildman–Crippen MR) is 71.7 cm³/mol. The summed E-state index contributed by atoms with van der Waals surface area (Å²) in [5.74, 6) is 0.0296. The number of benzene rings is 1. The zero-order valence-electron chi connectivity index (χ0n) is 9.70. The summed E-state index contributed by atoms with van der Waals surface area (Å²) in [7, 11) is -3.33. The molecule has 0 radical (unpaired) electrons. The average molecular weight is 296 g/mol. The molecule has 3 nitrogen and oxygen atoms in total. The second kappa shape index (κ2) is 6.05. The first kappa shape index (κ1) is 14.8. The van der Waals surface area contributed by atoms with Crippen LogP contribution in [0.4, 0.5) is 0 Å². The highest BCUT2D eigenvalue weighted by Gasteiger charge is 2.15. The highest BCUT2D eigenvalue weighted by Crippen LogP contribution is 2.22. The van der Waals surface area contributed by atoms with E-state index in [1.54, 1.807) is 0 Å². The molecule has 0 aliphatic rings. The van der Waals surface area contributed by atoms with Crippen molar-refractivity contribution in [3.05, 3.63) is 28.2 Å². The first-order valence-electron chi connectivity index (χ1n) is 5.23. The van der Waals surface area contributed by atoms with Crippen molar-refractivity contribution in [3.8, 4) is 0 Å². The lowest BCUT2D eigenvalue weighted by Gasteiger charge is -2.09. The van der Waals surface area contributed by atoms with E-state index < -0.39 is 9.84 Å². The smallest absolute Gasteiger partial charge is 0.179 e. The molecule has 1 aromatic carbocycles. The second-order valence-corrected chi connectivity index (χ2v) is 7.01. The Hall–Kier alpha value is -0.290. The Labute approximate surface area is 112 Å². The van der Waals surface area contributed by atoms with Crippen LogP contribution in [0.2, 0.25) is 10.0 Å². The molecule has 0 amide bonds. The van der Waals surface area contributed by atoms with E-state index >= 15 is 0 Å². The Balaban J connectivity index is 2.82. The van der Waals surface area contributed by atoms with Crippen LogP contribution < -0.4 is 5.32 Å². The molecule has 1 rings (SSSR count). The van der Waals surface area contributed by atoms with Crippen molar-refractivity contribution in [3.63, 3.8) is 0 Å². The monoisotopic (exact) mass is 295 g/mol. The average Bonchev–Trinajstić information content (AvgIpc) is 2.14. The van der Waals surface area contributed by atoms with Gasteiger partial charge in [-0.25, -0.2) is 8.42 Å². The maximum Gasteiger partial charge on any atom is 0.179 e. The van der Waals surface area contributed by atoms with Crippen molar-refractivity contribution in [2.75, 3.05) is 12.3 Å². The van der Waals surface area contributed by atoms with Gasteiger partial charge >= 0.3 is 0 Å². The molecule has 1 N–H and O–H groups in total. The van der Waals surface area contributed by atoms with Gasteiger partial charge in [0.05, 0.1) is 10.6 Å². The first-order chi connectivity index (χ1) is 7.81. The fourth-order valence-electron chi connectivity index (χ4n) is 1.31. The number of nitrogens with one attached hydrogen (secondary N) is 1. The molecule has 6 heteroatoms. The van der Waals surface area contributed by atoms with Crippen LogP contribution in [0.25, 0.3) is 0 Å². The van der Waals surface area contributed by atoms with Crippen LogP contribution in [-0.2, 0) is 9.84 Å². The van der Waals surface area contributed by atoms with Crippen LogP contribution >= 0.6 is 23.2 Å². The van der Waals surface area contributed by atoms with E-state index in [9.17, 15) is 8.42 Å². The van der Waals surface area contributed by atoms with E-state index in [1.807, 2.05) is 13.8 Å². The van der Waals surface area contributed by atoms with Crippen molar-refractivity contribution < 1.29 is 8.42 Å². The molecule has 1 aromatic rings. The zero-order valence-corrected chi connectivity index (χ0v) is 12.0. The normalized spacial score (nSPS) is 12.1. The van der Waals surface area contributed by atoms with Crippen LogP contribution in [-0.4, -0.2) is 26.8 Å². The fraction of sp³-hybridized carbons (Fsp3) is 0.455. The predicted octanol–water partition coefficient (Wildman–Crippen LogP) is 2.77. The van der Waals surface area contributed by atoms with E-state index in [0.29, 0.717) is 16.6 Å². The molecule has 0 atom stereocenters. The van der Waals surface area contributed by atoms with Gasteiger partial charge in [-0.1, -0.05) is 37.0 Å². The molecule has 0 unspecified atom stereocenters. The summed E-state index contributed by atoms with van der Waals surface area (Å²) in [6.45, 7) is 4.33. The van der Waals surface area contributed by atoms with Crippen molar-refractivity contribution in [1.29, 1.82) is 0 Å². The topological polar surface area (TPSA) is 46.2 Å². The van der Waals surface area contributed by atoms with E-state index in [1.165, 1.54) is 18.2 Å². The van der Waals surface area contributed by atoms with E-state index in [0.717, 1.165) is 0 Å². The van der Waals surface area contributed by atoms with Crippen LogP contribution in [0.3, 0.4) is 0 Å². The number of rotatable bonds is 5. The molecule has 0 saturated carbocycles. The lowest BCUT2D eigenvalue weighted by molar-refractivity contribution is 0.578. The lowest BCUT2D eigenvalue weighted by atomic mass is 10.4. The van der Waals surface area contributed by atoms with E-state index in [-0.39, 0.29) is 16.7 Å². The second-order valence-electron chi connectivity index (χ2n) is 4.03. The molecule has 0 aliphatic heterocycles. The SMILES string of the molecule is CC(C)NCCS(=O)(=O)c1cc(Cl)cc(Cl)c1. The van der Waals surface area contributed by atoms with E-state index in [4.69, 9.17) is 23.2 Å². The molecular weight excluding hydrogens is 281 g/mol. The molecule has 96 valence electrons. The highest BCUT2D eigenvalue weighted by molar-refractivity contribution is 7.91. The van der Waals surface area contributed by atoms with Crippen LogP contribution in [0.5, 0.6) is 0 Å². The number of sulfone groups is 1. The minimum atomic E-state index is -3.33. The standard InChI is InChI=1S/C11H15Cl2NO2S/c1-8(2)14-3-4-17(15,16)11-6-9(12)5-10(13)7-11/h5-8,14H,3-4H2,1-2H3. The summed E-state index contributed by atoms with van der Waals surface area (Å²) in [5.41, 5.74) is 0. The Morgan fingerprint density at radius 1 is 1.18 bits per heavy atom. The minimum Gasteiger partial charge on any atom is -0.314 e. The number of hydrogen-bond donors (Lipinski definition) is 1. The maximum atomic E-state index is 12.0. The van der Waals surface area contributed by atoms with Crippen molar-refractivity contribution >= 4 is 33.0 Å². The number of hydrogen-bond acceptors (Lipinski definition) is 3. The molecular formula is C11H15Cl2NO2S. The van der Waals surface area contributed by atoms with Gasteiger partial charge in [-0.3, -0.25) is 0 Å². The largest absolute Gasteiger partial charge is 0.314 e. The molecule has 0 bridgehead atoms. The third kappa shape index (κ3) is 4.84. The molecule has 0 saturated heterocycles. The Kier molecular flexibility index (Phi) is 5.25. The van der Waals surface area contributed by atoms with E-state index in [2.05, 4.69) is 5.32 Å². The van der Waals surface area contributed by atoms with Crippen molar-refractivity contribution in [2.24, 2.45) is 0 Å². The van der Waals surface area contributed by atoms with Gasteiger partial charge in [-0.2, -0.15) is 0 Å². The van der Waals surface area contributed by atoms with Gasteiger partial charge in [0.15, 0.2) is 9.84 Å². The van der Waals surface area contributed by atoms with Gasteiger partial charge < -0.3 is 5.32 Å². The summed E-state index contributed by atoms with van der Waals surface area (Å²) in [6, 6.07) is 4.60. The van der Waals surface area contributed by atoms with Gasteiger partial charge in [0.1, 0.15) is 0 Å². The van der Waals surface area contributed by atoms with Crippen LogP contribution in [0, 0.1) is 0 Å². The zero-order chi connectivity index (χ0) is 13.1. The van der Waals surface area contributed by atoms with Gasteiger partial charge in [0.2, 0.25) is 0 Å². The molecule has 0 aromatic heterocycles. The van der Waals surface area contributed by atoms with Crippen LogP contribution in [0.15, 0.2) is 23.1 Å². The highest BCUT2D eigenvalue weighted by atomic mass is 35.5. The summed E-state index contributed by atoms with van der Waals surface area (Å²) in [6.07, 6.45) is 0. The molecule has 0 spiro atoms. The third-order valence-electron chi connectivity index (χ3n) is 2.12. The van der Waals surface area contributed by atoms with Gasteiger partial charge in [-0.05, 0) is 18.2 Å². The summed E-state index contributed by atoms with van der Waals surface area (Å²) < 4.78 is 23.9. The first-order valence-corrected chi connectivity index (χ1v) is 7.64. The fourth-order valence-corrected chi connectivity index (χ4v) is 3.20. The summed E-state index contributed by atoms with van der Waals surface area (Å²) in [4.78, 5) is 0.167. The third-order valence-corrected chi connectivity index (χ3v) is 4.25. The Morgan fingerprint density at radius 2 is 1.71 bits per heavy atom. The lowest BCUT2D eigenvalue weighted by Crippen LogP contribution is -2.28. The quantitative estimate of drug-likeness (QED) is 0.909. The van der Waals surface area contributed by atoms with Crippen molar-refractivity contribution in [1.82, 2.24) is 5.32 Å². The molecule has 0 heterocycles. The molecule has 17 heavy (non-hydrogen) atoms. The summed E-state index contributed by atoms with van der Waals surface area (Å²) in [5, 5.41) is 3.71.